The van der Waals surface area contributed by atoms with Crippen LogP contribution < -0.4 is 18.9 Å². The van der Waals surface area contributed by atoms with Gasteiger partial charge < -0.3 is 18.9 Å². The minimum absolute atomic E-state index is 0.194. The number of methoxy groups -OCH3 is 1. The Morgan fingerprint density at radius 1 is 1.00 bits per heavy atom. The van der Waals surface area contributed by atoms with Crippen LogP contribution >= 0.6 is 0 Å². The zero-order chi connectivity index (χ0) is 22.9. The van der Waals surface area contributed by atoms with E-state index in [1.165, 1.54) is 13.2 Å². The van der Waals surface area contributed by atoms with E-state index in [1.54, 1.807) is 42.5 Å². The van der Waals surface area contributed by atoms with Gasteiger partial charge in [0.1, 0.15) is 34.7 Å². The van der Waals surface area contributed by atoms with E-state index >= 15 is 0 Å². The monoisotopic (exact) mass is 440 g/mol. The molecule has 0 unspecified atom stereocenters. The fraction of sp³-hybridized carbons (Fsp3) is 0.111. The number of Topliss-reactive ketones (excluding diaryl/α,β-unsaturated/α-hetero) is 1. The standard InChI is InChI=1S/C27H20O6/c1-16-18(13-17-7-3-5-9-22(17)31-16)14-25-26(28)20-12-11-19(15-24(20)33-25)32-27(29)21-8-4-6-10-23(21)30-2/h3-16H,1-2H3/b25-14-/t16-/m0/s1. The summed E-state index contributed by atoms with van der Waals surface area (Å²) in [7, 11) is 1.49. The SMILES string of the molecule is COc1ccccc1C(=O)Oc1ccc2c(c1)O/C(=C\C1=Cc3ccccc3O[C@H]1C)C2=O. The molecule has 3 aromatic carbocycles. The van der Waals surface area contributed by atoms with Gasteiger partial charge in [0, 0.05) is 11.6 Å². The largest absolute Gasteiger partial charge is 0.496 e. The number of carbonyl (C=O) groups excluding carboxylic acids is 2. The van der Waals surface area contributed by atoms with E-state index in [-0.39, 0.29) is 23.4 Å². The van der Waals surface area contributed by atoms with Gasteiger partial charge in [-0.2, -0.15) is 0 Å². The molecule has 6 heteroatoms. The molecule has 0 aliphatic carbocycles. The number of allylic oxidation sites excluding steroid dienone is 1. The number of para-hydroxylation sites is 2. The van der Waals surface area contributed by atoms with Gasteiger partial charge >= 0.3 is 5.97 Å². The summed E-state index contributed by atoms with van der Waals surface area (Å²) in [5.74, 6) is 1.21. The van der Waals surface area contributed by atoms with Gasteiger partial charge in [-0.25, -0.2) is 4.79 Å². The second kappa shape index (κ2) is 8.31. The molecule has 0 saturated carbocycles. The first kappa shape index (κ1) is 20.6. The van der Waals surface area contributed by atoms with Crippen LogP contribution in [0.25, 0.3) is 6.08 Å². The first-order valence-corrected chi connectivity index (χ1v) is 10.4. The number of ketones is 1. The molecule has 0 amide bonds. The van der Waals surface area contributed by atoms with Crippen molar-refractivity contribution < 1.29 is 28.5 Å². The molecular weight excluding hydrogens is 420 g/mol. The molecule has 0 bridgehead atoms. The van der Waals surface area contributed by atoms with E-state index in [2.05, 4.69) is 0 Å². The Balaban J connectivity index is 1.38. The highest BCUT2D eigenvalue weighted by Gasteiger charge is 2.30. The van der Waals surface area contributed by atoms with Crippen molar-refractivity contribution in [1.29, 1.82) is 0 Å². The van der Waals surface area contributed by atoms with Crippen LogP contribution in [0.4, 0.5) is 0 Å². The van der Waals surface area contributed by atoms with Gasteiger partial charge in [-0.1, -0.05) is 30.3 Å². The van der Waals surface area contributed by atoms with E-state index in [9.17, 15) is 9.59 Å². The lowest BCUT2D eigenvalue weighted by Crippen LogP contribution is -2.18. The Bertz CT molecular complexity index is 1330. The molecule has 33 heavy (non-hydrogen) atoms. The predicted octanol–water partition coefficient (Wildman–Crippen LogP) is 5.24. The molecule has 2 aliphatic heterocycles. The topological polar surface area (TPSA) is 71.1 Å². The van der Waals surface area contributed by atoms with Crippen LogP contribution in [0, 0.1) is 0 Å². The summed E-state index contributed by atoms with van der Waals surface area (Å²) >= 11 is 0. The van der Waals surface area contributed by atoms with Crippen LogP contribution in [0.5, 0.6) is 23.0 Å². The van der Waals surface area contributed by atoms with E-state index in [4.69, 9.17) is 18.9 Å². The quantitative estimate of drug-likeness (QED) is 0.314. The molecule has 2 heterocycles. The zero-order valence-electron chi connectivity index (χ0n) is 18.0. The second-order valence-electron chi connectivity index (χ2n) is 7.63. The summed E-state index contributed by atoms with van der Waals surface area (Å²) < 4.78 is 22.5. The number of esters is 1. The highest BCUT2D eigenvalue weighted by molar-refractivity contribution is 6.12. The average Bonchev–Trinajstić information content (AvgIpc) is 3.13. The molecule has 2 aliphatic rings. The first-order chi connectivity index (χ1) is 16.0. The second-order valence-corrected chi connectivity index (χ2v) is 7.63. The Kier molecular flexibility index (Phi) is 5.18. The van der Waals surface area contributed by atoms with Crippen LogP contribution in [0.2, 0.25) is 0 Å². The first-order valence-electron chi connectivity index (χ1n) is 10.4. The molecule has 0 aromatic heterocycles. The van der Waals surface area contributed by atoms with Gasteiger partial charge in [-0.3, -0.25) is 4.79 Å². The number of rotatable bonds is 4. The number of carbonyl (C=O) groups is 2. The molecule has 1 atom stereocenters. The van der Waals surface area contributed by atoms with Gasteiger partial charge in [0.2, 0.25) is 5.78 Å². The van der Waals surface area contributed by atoms with Crippen LogP contribution in [-0.4, -0.2) is 25.0 Å². The summed E-state index contributed by atoms with van der Waals surface area (Å²) in [6.45, 7) is 1.92. The maximum Gasteiger partial charge on any atom is 0.347 e. The van der Waals surface area contributed by atoms with Crippen LogP contribution in [-0.2, 0) is 0 Å². The zero-order valence-corrected chi connectivity index (χ0v) is 18.0. The van der Waals surface area contributed by atoms with Crippen molar-refractivity contribution in [2.24, 2.45) is 0 Å². The van der Waals surface area contributed by atoms with Crippen LogP contribution in [0.15, 0.2) is 84.1 Å². The minimum atomic E-state index is -0.565. The Labute approximate surface area is 190 Å². The highest BCUT2D eigenvalue weighted by atomic mass is 16.5. The number of benzene rings is 3. The molecular formula is C27H20O6. The molecule has 5 rings (SSSR count). The van der Waals surface area contributed by atoms with Gasteiger partial charge in [0.15, 0.2) is 5.76 Å². The smallest absolute Gasteiger partial charge is 0.347 e. The number of ether oxygens (including phenoxy) is 4. The lowest BCUT2D eigenvalue weighted by Gasteiger charge is -2.22. The summed E-state index contributed by atoms with van der Waals surface area (Å²) in [6.07, 6.45) is 3.45. The molecule has 0 N–H and O–H groups in total. The van der Waals surface area contributed by atoms with Crippen molar-refractivity contribution in [2.75, 3.05) is 7.11 Å². The molecule has 164 valence electrons. The van der Waals surface area contributed by atoms with E-state index in [0.29, 0.717) is 22.6 Å². The van der Waals surface area contributed by atoms with Crippen molar-refractivity contribution >= 4 is 17.8 Å². The van der Waals surface area contributed by atoms with Gasteiger partial charge in [-0.15, -0.1) is 0 Å². The van der Waals surface area contributed by atoms with E-state index in [0.717, 1.165) is 16.9 Å². The third kappa shape index (κ3) is 3.87. The van der Waals surface area contributed by atoms with Crippen LogP contribution in [0.3, 0.4) is 0 Å². The van der Waals surface area contributed by atoms with Crippen LogP contribution in [0.1, 0.15) is 33.2 Å². The third-order valence-corrected chi connectivity index (χ3v) is 5.49. The van der Waals surface area contributed by atoms with E-state index < -0.39 is 5.97 Å². The third-order valence-electron chi connectivity index (χ3n) is 5.49. The Morgan fingerprint density at radius 3 is 2.64 bits per heavy atom. The van der Waals surface area contributed by atoms with Gasteiger partial charge in [0.05, 0.1) is 12.7 Å². The van der Waals surface area contributed by atoms with E-state index in [1.807, 2.05) is 37.3 Å². The predicted molar refractivity (Wildman–Crippen MR) is 122 cm³/mol. The number of hydrogen-bond donors (Lipinski definition) is 0. The highest BCUT2D eigenvalue weighted by Crippen LogP contribution is 2.37. The summed E-state index contributed by atoms with van der Waals surface area (Å²) in [6, 6.07) is 19.2. The summed E-state index contributed by atoms with van der Waals surface area (Å²) in [4.78, 5) is 25.5. The van der Waals surface area contributed by atoms with Crippen molar-refractivity contribution in [3.8, 4) is 23.0 Å². The molecule has 0 saturated heterocycles. The van der Waals surface area contributed by atoms with Crippen molar-refractivity contribution in [1.82, 2.24) is 0 Å². The maximum atomic E-state index is 12.9. The maximum absolute atomic E-state index is 12.9. The lowest BCUT2D eigenvalue weighted by molar-refractivity contribution is 0.0731. The number of fused-ring (bicyclic) bond motifs is 2. The fourth-order valence-corrected chi connectivity index (χ4v) is 3.78. The van der Waals surface area contributed by atoms with Gasteiger partial charge in [-0.05, 0) is 55.0 Å². The Morgan fingerprint density at radius 2 is 1.79 bits per heavy atom. The molecule has 0 fully saturated rings. The fourth-order valence-electron chi connectivity index (χ4n) is 3.78. The van der Waals surface area contributed by atoms with Crippen molar-refractivity contribution in [3.63, 3.8) is 0 Å². The minimum Gasteiger partial charge on any atom is -0.496 e. The molecule has 0 radical (unpaired) electrons. The number of hydrogen-bond acceptors (Lipinski definition) is 6. The average molecular weight is 440 g/mol. The Hall–Kier alpha value is -4.32. The molecule has 3 aromatic rings. The summed E-state index contributed by atoms with van der Waals surface area (Å²) in [5, 5.41) is 0. The van der Waals surface area contributed by atoms with Crippen molar-refractivity contribution in [3.05, 3.63) is 101 Å². The normalized spacial score (nSPS) is 17.4. The molecule has 0 spiro atoms. The van der Waals surface area contributed by atoms with Gasteiger partial charge in [0.25, 0.3) is 0 Å². The lowest BCUT2D eigenvalue weighted by atomic mass is 10.0. The molecule has 6 nitrogen and oxygen atoms in total. The summed E-state index contributed by atoms with van der Waals surface area (Å²) in [5.41, 5.74) is 2.48. The van der Waals surface area contributed by atoms with Crippen molar-refractivity contribution in [2.45, 2.75) is 13.0 Å².